The zero-order valence-electron chi connectivity index (χ0n) is 11.0. The zero-order valence-corrected chi connectivity index (χ0v) is 11.0. The summed E-state index contributed by atoms with van der Waals surface area (Å²) in [5.41, 5.74) is -0.125. The van der Waals surface area contributed by atoms with Crippen LogP contribution in [0.2, 0.25) is 0 Å². The smallest absolute Gasteiger partial charge is 0.337 e. The number of nitrogens with one attached hydrogen (secondary N) is 3. The Balaban J connectivity index is 1.99. The third kappa shape index (κ3) is 3.85. The van der Waals surface area contributed by atoms with E-state index in [1.807, 2.05) is 0 Å². The maximum atomic E-state index is 11.8. The summed E-state index contributed by atoms with van der Waals surface area (Å²) in [6.07, 6.45) is 0.866. The van der Waals surface area contributed by atoms with Crippen LogP contribution in [0.1, 0.15) is 23.2 Å². The second-order valence-corrected chi connectivity index (χ2v) is 4.67. The number of phenols is 1. The number of aromatic carboxylic acids is 1. The first kappa shape index (κ1) is 14.6. The number of hydrogen-bond acceptors (Lipinski definition) is 4. The van der Waals surface area contributed by atoms with Gasteiger partial charge >= 0.3 is 12.0 Å². The molecule has 0 bridgehead atoms. The number of aromatic hydroxyl groups is 1. The maximum Gasteiger partial charge on any atom is 0.337 e. The van der Waals surface area contributed by atoms with Gasteiger partial charge in [-0.05, 0) is 24.6 Å². The Morgan fingerprint density at radius 1 is 1.33 bits per heavy atom. The van der Waals surface area contributed by atoms with Gasteiger partial charge in [0.25, 0.3) is 0 Å². The van der Waals surface area contributed by atoms with Gasteiger partial charge < -0.3 is 26.2 Å². The van der Waals surface area contributed by atoms with Gasteiger partial charge in [-0.2, -0.15) is 0 Å². The molecule has 8 heteroatoms. The molecule has 1 aliphatic heterocycles. The summed E-state index contributed by atoms with van der Waals surface area (Å²) >= 11 is 0. The van der Waals surface area contributed by atoms with Crippen LogP contribution in [0, 0.1) is 0 Å². The van der Waals surface area contributed by atoms with Gasteiger partial charge in [0.2, 0.25) is 5.91 Å². The summed E-state index contributed by atoms with van der Waals surface area (Å²) in [6, 6.07) is 2.88. The highest BCUT2D eigenvalue weighted by molar-refractivity contribution is 6.00. The lowest BCUT2D eigenvalue weighted by atomic mass is 10.1. The van der Waals surface area contributed by atoms with Gasteiger partial charge in [0, 0.05) is 19.0 Å². The quantitative estimate of drug-likeness (QED) is 0.518. The molecule has 0 aliphatic carbocycles. The highest BCUT2D eigenvalue weighted by Crippen LogP contribution is 2.21. The molecule has 8 nitrogen and oxygen atoms in total. The molecule has 2 rings (SSSR count). The summed E-state index contributed by atoms with van der Waals surface area (Å²) in [6.45, 7) is 0.341. The lowest BCUT2D eigenvalue weighted by molar-refractivity contribution is -0.122. The van der Waals surface area contributed by atoms with Crippen LogP contribution in [0.4, 0.5) is 10.5 Å². The van der Waals surface area contributed by atoms with Crippen molar-refractivity contribution in [2.45, 2.75) is 18.9 Å². The van der Waals surface area contributed by atoms with Crippen LogP contribution in [-0.2, 0) is 4.79 Å². The molecule has 1 fully saturated rings. The fraction of sp³-hybridized carbons (Fsp3) is 0.308. The highest BCUT2D eigenvalue weighted by atomic mass is 16.4. The lowest BCUT2D eigenvalue weighted by Gasteiger charge is -2.23. The number of carboxylic acid groups (broad SMARTS) is 1. The van der Waals surface area contributed by atoms with E-state index in [2.05, 4.69) is 16.0 Å². The van der Waals surface area contributed by atoms with Gasteiger partial charge in [0.15, 0.2) is 0 Å². The molecule has 1 saturated heterocycles. The molecular formula is C13H15N3O5. The van der Waals surface area contributed by atoms with Crippen molar-refractivity contribution in [2.24, 2.45) is 0 Å². The van der Waals surface area contributed by atoms with Gasteiger partial charge in [-0.15, -0.1) is 0 Å². The Hall–Kier alpha value is -2.77. The van der Waals surface area contributed by atoms with Gasteiger partial charge in [0.05, 0.1) is 11.3 Å². The third-order valence-corrected chi connectivity index (χ3v) is 3.08. The number of amides is 3. The lowest BCUT2D eigenvalue weighted by Crippen LogP contribution is -2.49. The highest BCUT2D eigenvalue weighted by Gasteiger charge is 2.20. The van der Waals surface area contributed by atoms with Crippen LogP contribution >= 0.6 is 0 Å². The minimum atomic E-state index is -1.26. The van der Waals surface area contributed by atoms with E-state index in [0.717, 1.165) is 6.07 Å². The standard InChI is InChI=1S/C13H15N3O5/c17-8-2-3-10(9(5-8)12(19)20)16-13(21)15-7-1-4-11(18)14-6-7/h2-3,5,7,17H,1,4,6H2,(H,14,18)(H,19,20)(H2,15,16,21). The number of rotatable bonds is 3. The molecule has 1 unspecified atom stereocenters. The molecule has 0 aromatic heterocycles. The van der Waals surface area contributed by atoms with Crippen LogP contribution in [0.25, 0.3) is 0 Å². The van der Waals surface area contributed by atoms with E-state index >= 15 is 0 Å². The molecule has 112 valence electrons. The largest absolute Gasteiger partial charge is 0.508 e. The normalized spacial score (nSPS) is 17.7. The Morgan fingerprint density at radius 2 is 2.10 bits per heavy atom. The fourth-order valence-corrected chi connectivity index (χ4v) is 2.02. The number of urea groups is 1. The summed E-state index contributed by atoms with van der Waals surface area (Å²) in [5.74, 6) is -1.51. The van der Waals surface area contributed by atoms with Gasteiger partial charge in [0.1, 0.15) is 5.75 Å². The van der Waals surface area contributed by atoms with E-state index in [1.165, 1.54) is 12.1 Å². The van der Waals surface area contributed by atoms with E-state index in [9.17, 15) is 19.5 Å². The van der Waals surface area contributed by atoms with Gasteiger partial charge in [-0.1, -0.05) is 0 Å². The fourth-order valence-electron chi connectivity index (χ4n) is 2.02. The average molecular weight is 293 g/mol. The first-order chi connectivity index (χ1) is 9.95. The Labute approximate surface area is 120 Å². The summed E-state index contributed by atoms with van der Waals surface area (Å²) in [5, 5.41) is 26.0. The number of anilines is 1. The van der Waals surface area contributed by atoms with Crippen molar-refractivity contribution in [3.05, 3.63) is 23.8 Å². The average Bonchev–Trinajstić information content (AvgIpc) is 2.43. The molecule has 0 saturated carbocycles. The van der Waals surface area contributed by atoms with E-state index in [1.54, 1.807) is 0 Å². The number of carboxylic acids is 1. The van der Waals surface area contributed by atoms with E-state index in [-0.39, 0.29) is 28.9 Å². The van der Waals surface area contributed by atoms with Gasteiger partial charge in [-0.3, -0.25) is 4.79 Å². The number of carbonyl (C=O) groups excluding carboxylic acids is 2. The summed E-state index contributed by atoms with van der Waals surface area (Å²) in [7, 11) is 0. The van der Waals surface area contributed by atoms with Crippen molar-refractivity contribution >= 4 is 23.6 Å². The van der Waals surface area contributed by atoms with Crippen molar-refractivity contribution in [3.8, 4) is 5.75 Å². The Kier molecular flexibility index (Phi) is 4.27. The number of piperidine rings is 1. The number of benzene rings is 1. The Morgan fingerprint density at radius 3 is 2.71 bits per heavy atom. The van der Waals surface area contributed by atoms with Crippen molar-refractivity contribution in [2.75, 3.05) is 11.9 Å². The van der Waals surface area contributed by atoms with Crippen LogP contribution in [0.5, 0.6) is 5.75 Å². The molecule has 5 N–H and O–H groups in total. The molecular weight excluding hydrogens is 278 g/mol. The Bertz CT molecular complexity index is 577. The number of phenolic OH excluding ortho intramolecular Hbond substituents is 1. The summed E-state index contributed by atoms with van der Waals surface area (Å²) in [4.78, 5) is 33.9. The third-order valence-electron chi connectivity index (χ3n) is 3.08. The molecule has 1 aromatic carbocycles. The second-order valence-electron chi connectivity index (χ2n) is 4.67. The molecule has 0 radical (unpaired) electrons. The summed E-state index contributed by atoms with van der Waals surface area (Å²) < 4.78 is 0. The van der Waals surface area contributed by atoms with Crippen molar-refractivity contribution in [1.82, 2.24) is 10.6 Å². The van der Waals surface area contributed by atoms with E-state index < -0.39 is 12.0 Å². The molecule has 1 aliphatic rings. The molecule has 21 heavy (non-hydrogen) atoms. The number of hydrogen-bond donors (Lipinski definition) is 5. The molecule has 1 atom stereocenters. The van der Waals surface area contributed by atoms with Crippen molar-refractivity contribution in [3.63, 3.8) is 0 Å². The molecule has 3 amide bonds. The van der Waals surface area contributed by atoms with Crippen LogP contribution < -0.4 is 16.0 Å². The maximum absolute atomic E-state index is 11.8. The van der Waals surface area contributed by atoms with Crippen molar-refractivity contribution in [1.29, 1.82) is 0 Å². The predicted molar refractivity (Wildman–Crippen MR) is 73.3 cm³/mol. The first-order valence-corrected chi connectivity index (χ1v) is 6.36. The van der Waals surface area contributed by atoms with Crippen LogP contribution in [0.3, 0.4) is 0 Å². The van der Waals surface area contributed by atoms with E-state index in [4.69, 9.17) is 5.11 Å². The predicted octanol–water partition coefficient (Wildman–Crippen LogP) is 0.491. The van der Waals surface area contributed by atoms with Crippen molar-refractivity contribution < 1.29 is 24.6 Å². The molecule has 1 heterocycles. The first-order valence-electron chi connectivity index (χ1n) is 6.36. The second kappa shape index (κ2) is 6.12. The SMILES string of the molecule is O=C1CCC(NC(=O)Nc2ccc(O)cc2C(=O)O)CN1. The minimum Gasteiger partial charge on any atom is -0.508 e. The van der Waals surface area contributed by atoms with Gasteiger partial charge in [-0.25, -0.2) is 9.59 Å². The molecule has 1 aromatic rings. The van der Waals surface area contributed by atoms with E-state index in [0.29, 0.717) is 19.4 Å². The minimum absolute atomic E-state index is 0.0554. The molecule has 0 spiro atoms. The zero-order chi connectivity index (χ0) is 15.4. The monoisotopic (exact) mass is 293 g/mol. The van der Waals surface area contributed by atoms with Crippen LogP contribution in [0.15, 0.2) is 18.2 Å². The topological polar surface area (TPSA) is 128 Å². The number of carbonyl (C=O) groups is 3. The van der Waals surface area contributed by atoms with Crippen LogP contribution in [-0.4, -0.2) is 40.7 Å².